The summed E-state index contributed by atoms with van der Waals surface area (Å²) in [5.74, 6) is 2.57. The molecular weight excluding hydrogens is 412 g/mol. The fourth-order valence-electron chi connectivity index (χ4n) is 3.84. The molecule has 0 N–H and O–H groups in total. The fourth-order valence-corrected chi connectivity index (χ4v) is 4.08. The molecule has 2 aromatic carbocycles. The van der Waals surface area contributed by atoms with Crippen molar-refractivity contribution in [1.82, 2.24) is 14.8 Å². The van der Waals surface area contributed by atoms with Gasteiger partial charge in [0.1, 0.15) is 0 Å². The molecule has 0 spiro atoms. The summed E-state index contributed by atoms with van der Waals surface area (Å²) in [7, 11) is 5.09. The Morgan fingerprint density at radius 2 is 1.71 bits per heavy atom. The maximum atomic E-state index is 6.57. The minimum atomic E-state index is 0.210. The van der Waals surface area contributed by atoms with Gasteiger partial charge in [0.25, 0.3) is 0 Å². The van der Waals surface area contributed by atoms with E-state index in [1.165, 1.54) is 5.56 Å². The van der Waals surface area contributed by atoms with E-state index in [1.807, 2.05) is 19.2 Å². The van der Waals surface area contributed by atoms with Crippen molar-refractivity contribution in [3.05, 3.63) is 53.1 Å². The maximum Gasteiger partial charge on any atom is 0.245 e. The summed E-state index contributed by atoms with van der Waals surface area (Å²) >= 11 is 6.57. The molecule has 1 atom stereocenters. The molecule has 0 aliphatic rings. The molecule has 166 valence electrons. The average Bonchev–Trinajstić information content (AvgIpc) is 3.17. The molecule has 7 heteroatoms. The Bertz CT molecular complexity index is 991. The first-order chi connectivity index (χ1) is 15.0. The molecule has 0 fully saturated rings. The summed E-state index contributed by atoms with van der Waals surface area (Å²) in [6, 6.07) is 14.4. The number of anilines is 1. The highest BCUT2D eigenvalue weighted by Crippen LogP contribution is 2.38. The van der Waals surface area contributed by atoms with Gasteiger partial charge in [-0.3, -0.25) is 0 Å². The van der Waals surface area contributed by atoms with E-state index in [2.05, 4.69) is 43.0 Å². The predicted octanol–water partition coefficient (Wildman–Crippen LogP) is 5.91. The Morgan fingerprint density at radius 3 is 2.32 bits per heavy atom. The topological polar surface area (TPSA) is 52.4 Å². The van der Waals surface area contributed by atoms with Crippen LogP contribution in [-0.2, 0) is 7.05 Å². The third-order valence-electron chi connectivity index (χ3n) is 5.31. The Morgan fingerprint density at radius 1 is 1.03 bits per heavy atom. The van der Waals surface area contributed by atoms with E-state index >= 15 is 0 Å². The minimum absolute atomic E-state index is 0.210. The molecular formula is C24H31ClN4O2. The number of ether oxygens (including phenoxy) is 2. The number of aromatic nitrogens is 3. The fraction of sp³-hybridized carbons (Fsp3) is 0.417. The van der Waals surface area contributed by atoms with Crippen molar-refractivity contribution < 1.29 is 9.47 Å². The molecule has 0 amide bonds. The van der Waals surface area contributed by atoms with Crippen LogP contribution >= 0.6 is 11.6 Å². The summed E-state index contributed by atoms with van der Waals surface area (Å²) < 4.78 is 12.6. The van der Waals surface area contributed by atoms with Crippen LogP contribution in [0.15, 0.2) is 42.5 Å². The van der Waals surface area contributed by atoms with Crippen LogP contribution in [0, 0.1) is 0 Å². The molecule has 0 aliphatic heterocycles. The van der Waals surface area contributed by atoms with Gasteiger partial charge in [-0.05, 0) is 24.5 Å². The Labute approximate surface area is 189 Å². The standard InChI is InChI=1S/C24H31ClN4O2/c1-6-11-20(17-12-9-8-10-13-17)29(14-7-2)24-26-23(28(3)27-24)18-15-21(30-4)22(31-5)16-19(18)25/h8-10,12-13,15-16,20H,6-7,11,14H2,1-5H3/t20-/m0/s1. The molecule has 1 aromatic heterocycles. The second-order valence-electron chi connectivity index (χ2n) is 7.45. The molecule has 1 heterocycles. The van der Waals surface area contributed by atoms with Crippen LogP contribution in [0.1, 0.15) is 44.7 Å². The lowest BCUT2D eigenvalue weighted by Gasteiger charge is -2.31. The van der Waals surface area contributed by atoms with Gasteiger partial charge in [-0.15, -0.1) is 5.10 Å². The lowest BCUT2D eigenvalue weighted by atomic mass is 10.0. The number of rotatable bonds is 10. The zero-order valence-electron chi connectivity index (χ0n) is 18.9. The molecule has 0 aliphatic carbocycles. The summed E-state index contributed by atoms with van der Waals surface area (Å²) in [6.45, 7) is 5.25. The van der Waals surface area contributed by atoms with Gasteiger partial charge in [0.05, 0.1) is 25.3 Å². The predicted molar refractivity (Wildman–Crippen MR) is 126 cm³/mol. The van der Waals surface area contributed by atoms with Crippen molar-refractivity contribution in [2.24, 2.45) is 7.05 Å². The lowest BCUT2D eigenvalue weighted by Crippen LogP contribution is -2.30. The van der Waals surface area contributed by atoms with E-state index in [0.717, 1.165) is 31.4 Å². The highest BCUT2D eigenvalue weighted by atomic mass is 35.5. The molecule has 3 aromatic rings. The molecule has 0 bridgehead atoms. The average molecular weight is 443 g/mol. The molecule has 0 unspecified atom stereocenters. The van der Waals surface area contributed by atoms with Crippen LogP contribution in [0.2, 0.25) is 5.02 Å². The zero-order chi connectivity index (χ0) is 22.4. The van der Waals surface area contributed by atoms with Crippen molar-refractivity contribution >= 4 is 17.5 Å². The highest BCUT2D eigenvalue weighted by molar-refractivity contribution is 6.33. The van der Waals surface area contributed by atoms with E-state index in [1.54, 1.807) is 25.0 Å². The first-order valence-electron chi connectivity index (χ1n) is 10.7. The third kappa shape index (κ3) is 4.96. The smallest absolute Gasteiger partial charge is 0.245 e. The second kappa shape index (κ2) is 10.5. The number of hydrogen-bond acceptors (Lipinski definition) is 5. The van der Waals surface area contributed by atoms with Crippen molar-refractivity contribution in [3.63, 3.8) is 0 Å². The maximum absolute atomic E-state index is 6.57. The van der Waals surface area contributed by atoms with Crippen molar-refractivity contribution in [2.45, 2.75) is 39.2 Å². The largest absolute Gasteiger partial charge is 0.493 e. The van der Waals surface area contributed by atoms with E-state index in [9.17, 15) is 0 Å². The quantitative estimate of drug-likeness (QED) is 0.390. The Balaban J connectivity index is 2.06. The monoisotopic (exact) mass is 442 g/mol. The normalized spacial score (nSPS) is 11.9. The van der Waals surface area contributed by atoms with Crippen LogP contribution in [0.3, 0.4) is 0 Å². The Hall–Kier alpha value is -2.73. The summed E-state index contributed by atoms with van der Waals surface area (Å²) in [5, 5.41) is 5.31. The molecule has 0 radical (unpaired) electrons. The van der Waals surface area contributed by atoms with Gasteiger partial charge in [0.15, 0.2) is 17.3 Å². The van der Waals surface area contributed by atoms with Gasteiger partial charge >= 0.3 is 0 Å². The number of halogens is 1. The summed E-state index contributed by atoms with van der Waals surface area (Å²) in [4.78, 5) is 7.22. The summed E-state index contributed by atoms with van der Waals surface area (Å²) in [5.41, 5.74) is 2.03. The molecule has 3 rings (SSSR count). The van der Waals surface area contributed by atoms with Crippen molar-refractivity contribution in [3.8, 4) is 22.9 Å². The molecule has 6 nitrogen and oxygen atoms in total. The van der Waals surface area contributed by atoms with E-state index in [-0.39, 0.29) is 6.04 Å². The molecule has 31 heavy (non-hydrogen) atoms. The Kier molecular flexibility index (Phi) is 7.80. The zero-order valence-corrected chi connectivity index (χ0v) is 19.7. The third-order valence-corrected chi connectivity index (χ3v) is 5.62. The van der Waals surface area contributed by atoms with Gasteiger partial charge in [-0.2, -0.15) is 4.98 Å². The first-order valence-corrected chi connectivity index (χ1v) is 11.1. The number of aryl methyl sites for hydroxylation is 1. The van der Waals surface area contributed by atoms with E-state index < -0.39 is 0 Å². The number of nitrogens with zero attached hydrogens (tertiary/aromatic N) is 4. The van der Waals surface area contributed by atoms with Gasteiger partial charge in [0, 0.05) is 25.2 Å². The van der Waals surface area contributed by atoms with Crippen LogP contribution in [-0.4, -0.2) is 35.5 Å². The SMILES string of the molecule is CCC[C@@H](c1ccccc1)N(CCC)c1nc(-c2cc(OC)c(OC)cc2Cl)n(C)n1. The molecule has 0 saturated heterocycles. The van der Waals surface area contributed by atoms with E-state index in [0.29, 0.717) is 28.3 Å². The number of benzene rings is 2. The lowest BCUT2D eigenvalue weighted by molar-refractivity contribution is 0.355. The first kappa shape index (κ1) is 22.9. The van der Waals surface area contributed by atoms with Crippen molar-refractivity contribution in [2.75, 3.05) is 25.7 Å². The van der Waals surface area contributed by atoms with Gasteiger partial charge in [-0.1, -0.05) is 62.2 Å². The van der Waals surface area contributed by atoms with E-state index in [4.69, 9.17) is 31.2 Å². The van der Waals surface area contributed by atoms with Crippen LogP contribution in [0.5, 0.6) is 11.5 Å². The highest BCUT2D eigenvalue weighted by Gasteiger charge is 2.25. The number of methoxy groups -OCH3 is 2. The van der Waals surface area contributed by atoms with Gasteiger partial charge in [0.2, 0.25) is 5.95 Å². The van der Waals surface area contributed by atoms with Crippen LogP contribution in [0.25, 0.3) is 11.4 Å². The van der Waals surface area contributed by atoms with Gasteiger partial charge < -0.3 is 14.4 Å². The van der Waals surface area contributed by atoms with Crippen molar-refractivity contribution in [1.29, 1.82) is 0 Å². The van der Waals surface area contributed by atoms with Crippen LogP contribution in [0.4, 0.5) is 5.95 Å². The second-order valence-corrected chi connectivity index (χ2v) is 7.86. The number of hydrogen-bond donors (Lipinski definition) is 0. The van der Waals surface area contributed by atoms with Crippen LogP contribution < -0.4 is 14.4 Å². The molecule has 0 saturated carbocycles. The summed E-state index contributed by atoms with van der Waals surface area (Å²) in [6.07, 6.45) is 3.09. The van der Waals surface area contributed by atoms with Gasteiger partial charge in [-0.25, -0.2) is 4.68 Å². The minimum Gasteiger partial charge on any atom is -0.493 e.